The van der Waals surface area contributed by atoms with E-state index in [4.69, 9.17) is 15.9 Å². The lowest BCUT2D eigenvalue weighted by atomic mass is 10.4. The molecule has 0 bridgehead atoms. The highest BCUT2D eigenvalue weighted by molar-refractivity contribution is 7.80. The van der Waals surface area contributed by atoms with Crippen molar-refractivity contribution in [2.45, 2.75) is 13.0 Å². The highest BCUT2D eigenvalue weighted by Gasteiger charge is 2.06. The van der Waals surface area contributed by atoms with Crippen LogP contribution in [0.15, 0.2) is 0 Å². The highest BCUT2D eigenvalue weighted by Crippen LogP contribution is 1.80. The molecule has 0 aromatic rings. The Morgan fingerprint density at radius 2 is 1.64 bits per heavy atom. The lowest BCUT2D eigenvalue weighted by molar-refractivity contribution is -0.148. The van der Waals surface area contributed by atoms with Crippen molar-refractivity contribution < 1.29 is 24.6 Å². The molecule has 0 amide bonds. The third-order valence-electron chi connectivity index (χ3n) is 0.815. The first-order valence-electron chi connectivity index (χ1n) is 3.16. The lowest BCUT2D eigenvalue weighted by Crippen LogP contribution is -2.31. The molecule has 0 saturated carbocycles. The fourth-order valence-corrected chi connectivity index (χ4v) is 0.234. The second kappa shape index (κ2) is 9.96. The Morgan fingerprint density at radius 3 is 1.64 bits per heavy atom. The molecule has 7 nitrogen and oxygen atoms in total. The summed E-state index contributed by atoms with van der Waals surface area (Å²) < 4.78 is 0. The van der Waals surface area contributed by atoms with Gasteiger partial charge in [-0.15, -0.1) is 0 Å². The van der Waals surface area contributed by atoms with Gasteiger partial charge in [-0.1, -0.05) is 0 Å². The topological polar surface area (TPSA) is 153 Å². The van der Waals surface area contributed by atoms with Gasteiger partial charge in [-0.2, -0.15) is 12.6 Å². The van der Waals surface area contributed by atoms with E-state index in [1.54, 1.807) is 0 Å². The van der Waals surface area contributed by atoms with Crippen molar-refractivity contribution in [3.05, 3.63) is 0 Å². The average Bonchev–Trinajstić information content (AvgIpc) is 2.03. The van der Waals surface area contributed by atoms with Gasteiger partial charge in [0.2, 0.25) is 5.78 Å². The molecular weight excluding hydrogens is 212 g/mol. The molecule has 0 rings (SSSR count). The molecule has 0 unspecified atom stereocenters. The predicted molar refractivity (Wildman–Crippen MR) is 52.8 cm³/mol. The summed E-state index contributed by atoms with van der Waals surface area (Å²) in [4.78, 5) is 28.6. The lowest BCUT2D eigenvalue weighted by Gasteiger charge is -1.96. The number of carbonyl (C=O) groups excluding carboxylic acids is 1. The molecule has 84 valence electrons. The van der Waals surface area contributed by atoms with E-state index in [1.807, 2.05) is 0 Å². The Balaban J connectivity index is -0.000000163. The van der Waals surface area contributed by atoms with Crippen molar-refractivity contribution in [2.24, 2.45) is 5.73 Å². The van der Waals surface area contributed by atoms with Crippen LogP contribution in [-0.2, 0) is 14.4 Å². The summed E-state index contributed by atoms with van der Waals surface area (Å²) in [5.41, 5.74) is 4.94. The molecule has 0 fully saturated rings. The quantitative estimate of drug-likeness (QED) is 0.310. The smallest absolute Gasteiger partial charge is 0.371 e. The summed E-state index contributed by atoms with van der Waals surface area (Å²) in [6, 6.07) is -0.816. The van der Waals surface area contributed by atoms with Gasteiger partial charge >= 0.3 is 11.9 Å². The van der Waals surface area contributed by atoms with E-state index in [2.05, 4.69) is 12.6 Å². The number of rotatable bonds is 3. The molecule has 0 radical (unpaired) electrons. The van der Waals surface area contributed by atoms with Gasteiger partial charge in [0.1, 0.15) is 6.04 Å². The van der Waals surface area contributed by atoms with Crippen LogP contribution in [0.1, 0.15) is 6.92 Å². The van der Waals surface area contributed by atoms with Crippen LogP contribution in [0.3, 0.4) is 0 Å². The largest absolute Gasteiger partial charge is 0.480 e. The molecule has 0 aliphatic heterocycles. The van der Waals surface area contributed by atoms with Crippen LogP contribution in [0.2, 0.25) is 0 Å². The zero-order valence-electron chi connectivity index (χ0n) is 7.64. The summed E-state index contributed by atoms with van der Waals surface area (Å²) in [5.74, 6) is -3.02. The number of carboxylic acid groups (broad SMARTS) is 2. The molecule has 0 aliphatic carbocycles. The maximum Gasteiger partial charge on any atom is 0.371 e. The van der Waals surface area contributed by atoms with Crippen molar-refractivity contribution in [1.82, 2.24) is 6.15 Å². The van der Waals surface area contributed by atoms with Crippen molar-refractivity contribution >= 4 is 30.4 Å². The first-order valence-corrected chi connectivity index (χ1v) is 3.79. The van der Waals surface area contributed by atoms with Crippen LogP contribution in [0, 0.1) is 0 Å². The van der Waals surface area contributed by atoms with Gasteiger partial charge in [0, 0.05) is 12.7 Å². The van der Waals surface area contributed by atoms with E-state index in [0.717, 1.165) is 6.92 Å². The third kappa shape index (κ3) is 13.5. The molecule has 0 aromatic heterocycles. The van der Waals surface area contributed by atoms with E-state index in [-0.39, 0.29) is 11.9 Å². The number of thiol groups is 1. The van der Waals surface area contributed by atoms with Crippen LogP contribution < -0.4 is 11.9 Å². The number of carboxylic acids is 2. The van der Waals surface area contributed by atoms with Gasteiger partial charge in [0.05, 0.1) is 0 Å². The average molecular weight is 226 g/mol. The summed E-state index contributed by atoms with van der Waals surface area (Å²) in [6.45, 7) is 1.00. The fraction of sp³-hybridized carbons (Fsp3) is 0.500. The zero-order chi connectivity index (χ0) is 11.0. The number of hydrogen-bond donors (Lipinski definition) is 5. The maximum atomic E-state index is 9.76. The van der Waals surface area contributed by atoms with E-state index >= 15 is 0 Å². The summed E-state index contributed by atoms with van der Waals surface area (Å²) in [6.07, 6.45) is 0. The molecule has 0 heterocycles. The van der Waals surface area contributed by atoms with Crippen molar-refractivity contribution in [2.75, 3.05) is 5.75 Å². The van der Waals surface area contributed by atoms with Crippen LogP contribution in [-0.4, -0.2) is 39.7 Å². The number of Topliss-reactive ketones (excluding diaryl/α,β-unsaturated/α-hetero) is 1. The zero-order valence-corrected chi connectivity index (χ0v) is 8.53. The Labute approximate surface area is 86.3 Å². The van der Waals surface area contributed by atoms with E-state index < -0.39 is 23.8 Å². The molecule has 0 aromatic carbocycles. The Hall–Kier alpha value is -1.12. The monoisotopic (exact) mass is 226 g/mol. The van der Waals surface area contributed by atoms with Crippen molar-refractivity contribution in [1.29, 1.82) is 0 Å². The molecule has 0 aliphatic rings. The molecule has 1 atom stereocenters. The van der Waals surface area contributed by atoms with E-state index in [1.165, 1.54) is 0 Å². The van der Waals surface area contributed by atoms with Gasteiger partial charge in [0.15, 0.2) is 0 Å². The Morgan fingerprint density at radius 1 is 1.36 bits per heavy atom. The van der Waals surface area contributed by atoms with Gasteiger partial charge < -0.3 is 22.1 Å². The van der Waals surface area contributed by atoms with Crippen LogP contribution in [0.5, 0.6) is 0 Å². The standard InChI is InChI=1S/C3H7NO2S.C3H4O3.H3N/c4-2(1-7)3(5)6;1-2(4)3(5)6;/h2,7H,1,4H2,(H,5,6);1H3,(H,5,6);1H3/t2-;;/m0../s1. The number of hydrogen-bond acceptors (Lipinski definition) is 6. The SMILES string of the molecule is CC(=O)C(=O)O.N.N[C@@H](CS)C(=O)O. The maximum absolute atomic E-state index is 9.76. The van der Waals surface area contributed by atoms with Crippen LogP contribution in [0.4, 0.5) is 0 Å². The number of aliphatic carboxylic acids is 2. The minimum atomic E-state index is -1.38. The third-order valence-corrected chi connectivity index (χ3v) is 1.21. The minimum Gasteiger partial charge on any atom is -0.480 e. The number of carbonyl (C=O) groups is 3. The van der Waals surface area contributed by atoms with Crippen LogP contribution in [0.25, 0.3) is 0 Å². The first kappa shape index (κ1) is 18.6. The summed E-state index contributed by atoms with van der Waals surface area (Å²) in [5, 5.41) is 15.6. The second-order valence-electron chi connectivity index (χ2n) is 1.99. The number of nitrogens with two attached hydrogens (primary N) is 1. The highest BCUT2D eigenvalue weighted by atomic mass is 32.1. The van der Waals surface area contributed by atoms with Crippen LogP contribution >= 0.6 is 12.6 Å². The molecule has 8 heteroatoms. The van der Waals surface area contributed by atoms with Gasteiger partial charge in [-0.05, 0) is 0 Å². The van der Waals surface area contributed by atoms with E-state index in [0.29, 0.717) is 0 Å². The molecular formula is C6H14N2O5S. The molecule has 14 heavy (non-hydrogen) atoms. The number of ketones is 1. The fourth-order valence-electron chi connectivity index (χ4n) is 0.0781. The van der Waals surface area contributed by atoms with Gasteiger partial charge in [0.25, 0.3) is 0 Å². The summed E-state index contributed by atoms with van der Waals surface area (Å²) in [7, 11) is 0. The minimum absolute atomic E-state index is 0. The first-order chi connectivity index (χ1) is 5.82. The van der Waals surface area contributed by atoms with Crippen molar-refractivity contribution in [3.8, 4) is 0 Å². The molecule has 0 spiro atoms. The van der Waals surface area contributed by atoms with Gasteiger partial charge in [-0.3, -0.25) is 9.59 Å². The Kier molecular flexibility index (Phi) is 13.3. The molecule has 7 N–H and O–H groups in total. The van der Waals surface area contributed by atoms with Crippen molar-refractivity contribution in [3.63, 3.8) is 0 Å². The van der Waals surface area contributed by atoms with E-state index in [9.17, 15) is 14.4 Å². The molecule has 0 saturated heterocycles. The predicted octanol–water partition coefficient (Wildman–Crippen LogP) is -0.850. The second-order valence-corrected chi connectivity index (χ2v) is 2.35. The Bertz CT molecular complexity index is 196. The van der Waals surface area contributed by atoms with Gasteiger partial charge in [-0.25, -0.2) is 4.79 Å². The summed E-state index contributed by atoms with van der Waals surface area (Å²) >= 11 is 3.65. The normalized spacial score (nSPS) is 9.93.